The van der Waals surface area contributed by atoms with Gasteiger partial charge in [-0.2, -0.15) is 0 Å². The molecule has 8 heteroatoms. The minimum Gasteiger partial charge on any atom is -0.493 e. The number of para-hydroxylation sites is 1. The molecule has 134 valence electrons. The van der Waals surface area contributed by atoms with Crippen molar-refractivity contribution in [3.63, 3.8) is 0 Å². The highest BCUT2D eigenvalue weighted by atomic mass is 16.5. The van der Waals surface area contributed by atoms with Crippen LogP contribution in [0.4, 0.5) is 4.79 Å². The van der Waals surface area contributed by atoms with Crippen molar-refractivity contribution in [2.45, 2.75) is 19.0 Å². The standard InChI is InChI=1S/C17H22N4O4/c1-21-10-11(16(20-21)24-3)9-18-17(22)19-13-7-8-25-15-12(13)5-4-6-14(15)23-2/h4-6,10,13H,7-9H2,1-3H3,(H2,18,19,22). The van der Waals surface area contributed by atoms with Crippen LogP contribution in [0, 0.1) is 0 Å². The lowest BCUT2D eigenvalue weighted by molar-refractivity contribution is 0.219. The molecule has 8 nitrogen and oxygen atoms in total. The topological polar surface area (TPSA) is 86.6 Å². The van der Waals surface area contributed by atoms with Gasteiger partial charge in [-0.25, -0.2) is 4.79 Å². The fraction of sp³-hybridized carbons (Fsp3) is 0.412. The molecule has 0 saturated carbocycles. The van der Waals surface area contributed by atoms with E-state index in [9.17, 15) is 4.79 Å². The third kappa shape index (κ3) is 3.62. The number of aryl methyl sites for hydroxylation is 1. The predicted octanol–water partition coefficient (Wildman–Crippen LogP) is 1.76. The van der Waals surface area contributed by atoms with E-state index in [4.69, 9.17) is 14.2 Å². The van der Waals surface area contributed by atoms with Gasteiger partial charge in [0.2, 0.25) is 5.88 Å². The Morgan fingerprint density at radius 1 is 1.40 bits per heavy atom. The Balaban J connectivity index is 1.64. The predicted molar refractivity (Wildman–Crippen MR) is 91.0 cm³/mol. The third-order valence-electron chi connectivity index (χ3n) is 4.06. The lowest BCUT2D eigenvalue weighted by Gasteiger charge is -2.27. The van der Waals surface area contributed by atoms with Crippen molar-refractivity contribution in [1.82, 2.24) is 20.4 Å². The summed E-state index contributed by atoms with van der Waals surface area (Å²) in [5, 5.41) is 9.99. The molecule has 2 amide bonds. The van der Waals surface area contributed by atoms with Gasteiger partial charge in [0.1, 0.15) is 0 Å². The van der Waals surface area contributed by atoms with Crippen LogP contribution in [-0.4, -0.2) is 36.6 Å². The molecule has 1 aromatic heterocycles. The van der Waals surface area contributed by atoms with Gasteiger partial charge < -0.3 is 24.8 Å². The molecule has 3 rings (SSSR count). The smallest absolute Gasteiger partial charge is 0.315 e. The second kappa shape index (κ2) is 7.33. The summed E-state index contributed by atoms with van der Waals surface area (Å²) >= 11 is 0. The Morgan fingerprint density at radius 3 is 3.00 bits per heavy atom. The number of methoxy groups -OCH3 is 2. The number of fused-ring (bicyclic) bond motifs is 1. The molecule has 0 radical (unpaired) electrons. The minimum absolute atomic E-state index is 0.130. The number of hydrogen-bond donors (Lipinski definition) is 2. The first-order chi connectivity index (χ1) is 12.1. The van der Waals surface area contributed by atoms with Crippen LogP contribution in [0.25, 0.3) is 0 Å². The number of nitrogens with zero attached hydrogens (tertiary/aromatic N) is 2. The van der Waals surface area contributed by atoms with Gasteiger partial charge >= 0.3 is 6.03 Å². The summed E-state index contributed by atoms with van der Waals surface area (Å²) in [6.07, 6.45) is 2.51. The number of amides is 2. The van der Waals surface area contributed by atoms with Gasteiger partial charge in [0.25, 0.3) is 0 Å². The van der Waals surface area contributed by atoms with E-state index in [2.05, 4.69) is 15.7 Å². The van der Waals surface area contributed by atoms with Crippen molar-refractivity contribution in [2.24, 2.45) is 7.05 Å². The summed E-state index contributed by atoms with van der Waals surface area (Å²) in [4.78, 5) is 12.3. The summed E-state index contributed by atoms with van der Waals surface area (Å²) in [5.74, 6) is 1.86. The fourth-order valence-corrected chi connectivity index (χ4v) is 2.90. The molecule has 1 aliphatic rings. The van der Waals surface area contributed by atoms with E-state index in [1.807, 2.05) is 24.4 Å². The average Bonchev–Trinajstić information content (AvgIpc) is 2.99. The molecule has 1 unspecified atom stereocenters. The lowest BCUT2D eigenvalue weighted by Crippen LogP contribution is -2.39. The van der Waals surface area contributed by atoms with E-state index < -0.39 is 0 Å². The van der Waals surface area contributed by atoms with Crippen LogP contribution in [0.5, 0.6) is 17.4 Å². The number of ether oxygens (including phenoxy) is 3. The molecule has 1 aromatic carbocycles. The highest BCUT2D eigenvalue weighted by Crippen LogP contribution is 2.39. The Labute approximate surface area is 146 Å². The quantitative estimate of drug-likeness (QED) is 0.861. The van der Waals surface area contributed by atoms with Gasteiger partial charge in [-0.3, -0.25) is 4.68 Å². The summed E-state index contributed by atoms with van der Waals surface area (Å²) < 4.78 is 17.9. The van der Waals surface area contributed by atoms with Gasteiger partial charge in [0.15, 0.2) is 11.5 Å². The van der Waals surface area contributed by atoms with Crippen molar-refractivity contribution in [3.8, 4) is 17.4 Å². The number of hydrogen-bond acceptors (Lipinski definition) is 5. The van der Waals surface area contributed by atoms with Crippen molar-refractivity contribution in [3.05, 3.63) is 35.5 Å². The van der Waals surface area contributed by atoms with Crippen LogP contribution in [0.3, 0.4) is 0 Å². The van der Waals surface area contributed by atoms with E-state index in [1.54, 1.807) is 25.9 Å². The van der Waals surface area contributed by atoms with Crippen LogP contribution >= 0.6 is 0 Å². The Morgan fingerprint density at radius 2 is 2.24 bits per heavy atom. The highest BCUT2D eigenvalue weighted by molar-refractivity contribution is 5.74. The Hall–Kier alpha value is -2.90. The molecule has 2 heterocycles. The van der Waals surface area contributed by atoms with Gasteiger partial charge in [-0.05, 0) is 6.07 Å². The van der Waals surface area contributed by atoms with Crippen LogP contribution in [-0.2, 0) is 13.6 Å². The van der Waals surface area contributed by atoms with Gasteiger partial charge in [-0.1, -0.05) is 12.1 Å². The molecule has 25 heavy (non-hydrogen) atoms. The number of benzene rings is 1. The number of carbonyl (C=O) groups is 1. The number of urea groups is 1. The molecule has 0 fully saturated rings. The maximum absolute atomic E-state index is 12.3. The van der Waals surface area contributed by atoms with Crippen LogP contribution in [0.15, 0.2) is 24.4 Å². The first-order valence-electron chi connectivity index (χ1n) is 8.03. The summed E-state index contributed by atoms with van der Waals surface area (Å²) in [5.41, 5.74) is 1.73. The molecule has 0 aliphatic carbocycles. The van der Waals surface area contributed by atoms with Crippen molar-refractivity contribution in [1.29, 1.82) is 0 Å². The summed E-state index contributed by atoms with van der Waals surface area (Å²) in [6, 6.07) is 5.28. The zero-order chi connectivity index (χ0) is 17.8. The molecule has 0 saturated heterocycles. The van der Waals surface area contributed by atoms with E-state index in [0.29, 0.717) is 37.0 Å². The van der Waals surface area contributed by atoms with Crippen molar-refractivity contribution < 1.29 is 19.0 Å². The molecule has 2 N–H and O–H groups in total. The average molecular weight is 346 g/mol. The SMILES string of the molecule is COc1cccc2c1OCCC2NC(=O)NCc1cn(C)nc1OC. The monoisotopic (exact) mass is 346 g/mol. The maximum Gasteiger partial charge on any atom is 0.315 e. The first kappa shape index (κ1) is 16.9. The second-order valence-corrected chi connectivity index (χ2v) is 5.73. The largest absolute Gasteiger partial charge is 0.493 e. The molecule has 1 atom stereocenters. The summed E-state index contributed by atoms with van der Waals surface area (Å²) in [6.45, 7) is 0.853. The van der Waals surface area contributed by atoms with Gasteiger partial charge in [-0.15, -0.1) is 5.10 Å². The maximum atomic E-state index is 12.3. The van der Waals surface area contributed by atoms with E-state index in [1.165, 1.54) is 0 Å². The zero-order valence-electron chi connectivity index (χ0n) is 14.5. The molecular formula is C17H22N4O4. The Bertz CT molecular complexity index is 759. The number of nitrogens with one attached hydrogen (secondary N) is 2. The molecule has 2 aromatic rings. The van der Waals surface area contributed by atoms with E-state index >= 15 is 0 Å². The normalized spacial score (nSPS) is 15.7. The van der Waals surface area contributed by atoms with Crippen LogP contribution in [0.2, 0.25) is 0 Å². The lowest BCUT2D eigenvalue weighted by atomic mass is 10.0. The number of carbonyl (C=O) groups excluding carboxylic acids is 1. The minimum atomic E-state index is -0.258. The number of aromatic nitrogens is 2. The van der Waals surface area contributed by atoms with Gasteiger partial charge in [0, 0.05) is 25.2 Å². The third-order valence-corrected chi connectivity index (χ3v) is 4.06. The van der Waals surface area contributed by atoms with Gasteiger partial charge in [0.05, 0.1) is 39.0 Å². The second-order valence-electron chi connectivity index (χ2n) is 5.73. The Kier molecular flexibility index (Phi) is 4.97. The molecular weight excluding hydrogens is 324 g/mol. The number of rotatable bonds is 5. The fourth-order valence-electron chi connectivity index (χ4n) is 2.90. The molecule has 1 aliphatic heterocycles. The van der Waals surface area contributed by atoms with E-state index in [0.717, 1.165) is 11.1 Å². The zero-order valence-corrected chi connectivity index (χ0v) is 14.5. The molecule has 0 spiro atoms. The van der Waals surface area contributed by atoms with Crippen LogP contribution < -0.4 is 24.8 Å². The molecule has 0 bridgehead atoms. The van der Waals surface area contributed by atoms with Crippen LogP contribution in [0.1, 0.15) is 23.6 Å². The highest BCUT2D eigenvalue weighted by Gasteiger charge is 2.25. The van der Waals surface area contributed by atoms with Crippen molar-refractivity contribution >= 4 is 6.03 Å². The summed E-state index contributed by atoms with van der Waals surface area (Å²) in [7, 11) is 4.96. The van der Waals surface area contributed by atoms with E-state index in [-0.39, 0.29) is 12.1 Å². The van der Waals surface area contributed by atoms with Crippen molar-refractivity contribution in [2.75, 3.05) is 20.8 Å². The first-order valence-corrected chi connectivity index (χ1v) is 8.03.